The second kappa shape index (κ2) is 10.0. The Hall–Kier alpha value is -3.20. The van der Waals surface area contributed by atoms with E-state index in [4.69, 9.17) is 20.9 Å². The Morgan fingerprint density at radius 3 is 2.67 bits per heavy atom. The summed E-state index contributed by atoms with van der Waals surface area (Å²) in [5.41, 5.74) is 1.12. The van der Waals surface area contributed by atoms with Crippen molar-refractivity contribution in [2.75, 3.05) is 11.9 Å². The number of halogens is 3. The number of carbonyl (C=O) groups excluding carboxylic acids is 1. The van der Waals surface area contributed by atoms with Crippen LogP contribution in [0, 0.1) is 0 Å². The van der Waals surface area contributed by atoms with E-state index in [-0.39, 0.29) is 29.5 Å². The Kier molecular flexibility index (Phi) is 7.18. The normalized spacial score (nSPS) is 10.8. The fraction of sp³-hybridized carbons (Fsp3) is 0.250. The third-order valence-corrected chi connectivity index (χ3v) is 4.18. The Labute approximate surface area is 175 Å². The summed E-state index contributed by atoms with van der Waals surface area (Å²) in [5.74, 6) is 0.977. The highest BCUT2D eigenvalue weighted by Crippen LogP contribution is 2.29. The molecule has 0 radical (unpaired) electrons. The fourth-order valence-electron chi connectivity index (χ4n) is 2.55. The third-order valence-electron chi connectivity index (χ3n) is 3.89. The van der Waals surface area contributed by atoms with E-state index in [1.165, 1.54) is 18.2 Å². The van der Waals surface area contributed by atoms with E-state index in [1.54, 1.807) is 0 Å². The van der Waals surface area contributed by atoms with Crippen molar-refractivity contribution in [2.45, 2.75) is 26.4 Å². The van der Waals surface area contributed by atoms with Crippen LogP contribution in [-0.2, 0) is 11.2 Å². The molecule has 3 rings (SSSR count). The zero-order chi connectivity index (χ0) is 21.5. The van der Waals surface area contributed by atoms with Crippen LogP contribution in [0.2, 0.25) is 5.02 Å². The number of nitrogens with one attached hydrogen (secondary N) is 1. The van der Waals surface area contributed by atoms with Crippen LogP contribution in [0.3, 0.4) is 0 Å². The largest absolute Gasteiger partial charge is 0.494 e. The Morgan fingerprint density at radius 1 is 1.23 bits per heavy atom. The lowest BCUT2D eigenvalue weighted by Gasteiger charge is -2.09. The van der Waals surface area contributed by atoms with Crippen molar-refractivity contribution in [3.63, 3.8) is 0 Å². The molecule has 0 aliphatic rings. The van der Waals surface area contributed by atoms with Crippen molar-refractivity contribution in [1.82, 2.24) is 10.1 Å². The first-order valence-electron chi connectivity index (χ1n) is 9.04. The molecule has 30 heavy (non-hydrogen) atoms. The number of nitrogens with zero attached hydrogens (tertiary/aromatic N) is 2. The molecule has 0 atom stereocenters. The lowest BCUT2D eigenvalue weighted by atomic mass is 10.2. The molecule has 1 heterocycles. The van der Waals surface area contributed by atoms with Crippen LogP contribution < -0.4 is 14.8 Å². The van der Waals surface area contributed by atoms with Crippen LogP contribution in [0.5, 0.6) is 11.5 Å². The van der Waals surface area contributed by atoms with Crippen molar-refractivity contribution in [1.29, 1.82) is 0 Å². The van der Waals surface area contributed by atoms with Crippen molar-refractivity contribution in [3.8, 4) is 22.9 Å². The number of aromatic nitrogens is 2. The van der Waals surface area contributed by atoms with E-state index >= 15 is 0 Å². The molecule has 158 valence electrons. The fourth-order valence-corrected chi connectivity index (χ4v) is 2.78. The number of anilines is 1. The van der Waals surface area contributed by atoms with Crippen molar-refractivity contribution in [2.24, 2.45) is 0 Å². The molecule has 10 heteroatoms. The van der Waals surface area contributed by atoms with Crippen molar-refractivity contribution in [3.05, 3.63) is 53.4 Å². The predicted molar refractivity (Wildman–Crippen MR) is 106 cm³/mol. The van der Waals surface area contributed by atoms with Gasteiger partial charge in [-0.15, -0.1) is 0 Å². The minimum Gasteiger partial charge on any atom is -0.494 e. The number of amides is 1. The van der Waals surface area contributed by atoms with Gasteiger partial charge in [-0.1, -0.05) is 16.8 Å². The molecule has 0 aliphatic heterocycles. The van der Waals surface area contributed by atoms with Crippen LogP contribution in [0.15, 0.2) is 47.0 Å². The van der Waals surface area contributed by atoms with E-state index in [2.05, 4.69) is 20.2 Å². The molecule has 0 saturated heterocycles. The summed E-state index contributed by atoms with van der Waals surface area (Å²) in [6.45, 7) is -0.501. The van der Waals surface area contributed by atoms with Gasteiger partial charge in [0.05, 0.1) is 11.6 Å². The number of aryl methyl sites for hydroxylation is 1. The van der Waals surface area contributed by atoms with Crippen LogP contribution >= 0.6 is 11.6 Å². The van der Waals surface area contributed by atoms with Gasteiger partial charge in [0.1, 0.15) is 11.5 Å². The van der Waals surface area contributed by atoms with Gasteiger partial charge in [-0.3, -0.25) is 4.79 Å². The van der Waals surface area contributed by atoms with Gasteiger partial charge >= 0.3 is 6.61 Å². The van der Waals surface area contributed by atoms with E-state index in [0.29, 0.717) is 24.0 Å². The maximum Gasteiger partial charge on any atom is 0.387 e. The summed E-state index contributed by atoms with van der Waals surface area (Å²) in [7, 11) is 0. The molecule has 1 aromatic heterocycles. The standard InChI is InChI=1S/C20H18ClF2N3O4/c1-2-28-14-6-3-12(4-7-14)19-25-18(30-26-19)10-9-17(27)24-13-5-8-16(15(21)11-13)29-20(22)23/h3-8,11,20H,2,9-10H2,1H3,(H,24,27). The van der Waals surface area contributed by atoms with Crippen LogP contribution in [-0.4, -0.2) is 29.3 Å². The van der Waals surface area contributed by atoms with E-state index in [9.17, 15) is 13.6 Å². The lowest BCUT2D eigenvalue weighted by Crippen LogP contribution is -2.12. The highest BCUT2D eigenvalue weighted by Gasteiger charge is 2.13. The lowest BCUT2D eigenvalue weighted by molar-refractivity contribution is -0.116. The summed E-state index contributed by atoms with van der Waals surface area (Å²) < 4.78 is 39.3. The first-order valence-corrected chi connectivity index (χ1v) is 9.42. The number of alkyl halides is 2. The second-order valence-corrected chi connectivity index (χ2v) is 6.45. The highest BCUT2D eigenvalue weighted by atomic mass is 35.5. The summed E-state index contributed by atoms with van der Waals surface area (Å²) in [5, 5.41) is 6.50. The average molecular weight is 438 g/mol. The van der Waals surface area contributed by atoms with Gasteiger partial charge < -0.3 is 19.3 Å². The zero-order valence-corrected chi connectivity index (χ0v) is 16.7. The molecule has 0 saturated carbocycles. The van der Waals surface area contributed by atoms with Crippen LogP contribution in [0.4, 0.5) is 14.5 Å². The minimum atomic E-state index is -2.98. The number of rotatable bonds is 9. The first kappa shape index (κ1) is 21.5. The summed E-state index contributed by atoms with van der Waals surface area (Å²) in [6, 6.07) is 11.3. The van der Waals surface area contributed by atoms with E-state index < -0.39 is 6.61 Å². The molecule has 0 spiro atoms. The number of carbonyl (C=O) groups is 1. The molecule has 2 aromatic carbocycles. The first-order chi connectivity index (χ1) is 14.4. The van der Waals surface area contributed by atoms with Gasteiger partial charge in [-0.05, 0) is 49.4 Å². The monoisotopic (exact) mass is 437 g/mol. The zero-order valence-electron chi connectivity index (χ0n) is 15.9. The molecule has 0 unspecified atom stereocenters. The van der Waals surface area contributed by atoms with Gasteiger partial charge in [0.2, 0.25) is 17.6 Å². The molecular formula is C20H18ClF2N3O4. The molecular weight excluding hydrogens is 420 g/mol. The Balaban J connectivity index is 1.53. The van der Waals surface area contributed by atoms with Crippen molar-refractivity contribution < 1.29 is 27.6 Å². The quantitative estimate of drug-likeness (QED) is 0.509. The summed E-state index contributed by atoms with van der Waals surface area (Å²) in [4.78, 5) is 16.4. The number of hydrogen-bond acceptors (Lipinski definition) is 6. The predicted octanol–water partition coefficient (Wildman–Crippen LogP) is 4.96. The smallest absolute Gasteiger partial charge is 0.387 e. The number of ether oxygens (including phenoxy) is 2. The molecule has 0 fully saturated rings. The summed E-state index contributed by atoms with van der Waals surface area (Å²) >= 11 is 5.87. The number of hydrogen-bond donors (Lipinski definition) is 1. The summed E-state index contributed by atoms with van der Waals surface area (Å²) in [6.07, 6.45) is 0.313. The maximum absolute atomic E-state index is 12.3. The molecule has 0 aliphatic carbocycles. The topological polar surface area (TPSA) is 86.5 Å². The maximum atomic E-state index is 12.3. The van der Waals surface area contributed by atoms with Gasteiger partial charge in [0.25, 0.3) is 0 Å². The molecule has 1 amide bonds. The average Bonchev–Trinajstić information content (AvgIpc) is 3.18. The minimum absolute atomic E-state index is 0.0370. The molecule has 0 bridgehead atoms. The molecule has 3 aromatic rings. The van der Waals surface area contributed by atoms with Crippen LogP contribution in [0.1, 0.15) is 19.2 Å². The van der Waals surface area contributed by atoms with Gasteiger partial charge in [0, 0.05) is 24.1 Å². The number of benzene rings is 2. The second-order valence-electron chi connectivity index (χ2n) is 6.04. The van der Waals surface area contributed by atoms with Gasteiger partial charge in [-0.25, -0.2) is 0 Å². The van der Waals surface area contributed by atoms with E-state index in [0.717, 1.165) is 11.3 Å². The molecule has 1 N–H and O–H groups in total. The van der Waals surface area contributed by atoms with E-state index in [1.807, 2.05) is 31.2 Å². The van der Waals surface area contributed by atoms with Gasteiger partial charge in [0.15, 0.2) is 0 Å². The van der Waals surface area contributed by atoms with Gasteiger partial charge in [-0.2, -0.15) is 13.8 Å². The highest BCUT2D eigenvalue weighted by molar-refractivity contribution is 6.32. The Bertz CT molecular complexity index is 996. The molecule has 7 nitrogen and oxygen atoms in total. The van der Waals surface area contributed by atoms with Crippen LogP contribution in [0.25, 0.3) is 11.4 Å². The Morgan fingerprint density at radius 2 is 2.00 bits per heavy atom. The van der Waals surface area contributed by atoms with Crippen molar-refractivity contribution >= 4 is 23.2 Å². The SMILES string of the molecule is CCOc1ccc(-c2noc(CCC(=O)Nc3ccc(OC(F)F)c(Cl)c3)n2)cc1. The third kappa shape index (κ3) is 5.90.